The van der Waals surface area contributed by atoms with Crippen LogP contribution in [0.5, 0.6) is 5.75 Å². The number of rotatable bonds is 6. The Hall–Kier alpha value is -3.88. The lowest BCUT2D eigenvalue weighted by Crippen LogP contribution is -2.21. The van der Waals surface area contributed by atoms with Gasteiger partial charge in [0.2, 0.25) is 0 Å². The van der Waals surface area contributed by atoms with E-state index in [1.807, 2.05) is 6.07 Å². The summed E-state index contributed by atoms with van der Waals surface area (Å²) in [6, 6.07) is 9.13. The number of anilines is 1. The number of hydrogen-bond donors (Lipinski definition) is 2. The lowest BCUT2D eigenvalue weighted by molar-refractivity contribution is -0.384. The smallest absolute Gasteiger partial charge is 0.338 e. The minimum absolute atomic E-state index is 0.123. The van der Waals surface area contributed by atoms with Crippen molar-refractivity contribution in [1.82, 2.24) is 4.98 Å². The van der Waals surface area contributed by atoms with Gasteiger partial charge < -0.3 is 19.8 Å². The highest BCUT2D eigenvalue weighted by Crippen LogP contribution is 2.30. The number of fused-ring (bicyclic) bond motifs is 3. The fourth-order valence-electron chi connectivity index (χ4n) is 3.84. The molecule has 1 heterocycles. The molecule has 1 aliphatic carbocycles. The lowest BCUT2D eigenvalue weighted by Gasteiger charge is -2.11. The zero-order valence-electron chi connectivity index (χ0n) is 16.9. The first-order valence-electron chi connectivity index (χ1n) is 9.89. The van der Waals surface area contributed by atoms with E-state index >= 15 is 0 Å². The molecule has 9 heteroatoms. The Morgan fingerprint density at radius 1 is 1.16 bits per heavy atom. The maximum atomic E-state index is 12.5. The Balaban J connectivity index is 1.43. The van der Waals surface area contributed by atoms with Crippen molar-refractivity contribution in [3.8, 4) is 5.75 Å². The molecule has 160 valence electrons. The van der Waals surface area contributed by atoms with E-state index in [0.717, 1.165) is 36.6 Å². The maximum Gasteiger partial charge on any atom is 0.338 e. The van der Waals surface area contributed by atoms with E-state index in [0.29, 0.717) is 5.56 Å². The average molecular weight is 423 g/mol. The summed E-state index contributed by atoms with van der Waals surface area (Å²) in [6.07, 6.45) is 4.25. The standard InChI is InChI=1S/C22H21N3O6/c1-30-20-9-7-14(25(28)29)11-19(20)24-21(26)12-31-22(27)13-6-8-18-16(10-13)15-4-2-3-5-17(15)23-18/h6-11,23H,2-5,12H2,1H3,(H,24,26). The number of aromatic amines is 1. The Bertz CT molecular complexity index is 1180. The number of H-pyrrole nitrogens is 1. The third-order valence-corrected chi connectivity index (χ3v) is 5.34. The van der Waals surface area contributed by atoms with Gasteiger partial charge in [0.1, 0.15) is 5.75 Å². The van der Waals surface area contributed by atoms with Gasteiger partial charge in [-0.3, -0.25) is 14.9 Å². The van der Waals surface area contributed by atoms with Crippen LogP contribution in [0.1, 0.15) is 34.5 Å². The Labute approximate surface area is 177 Å². The first-order valence-corrected chi connectivity index (χ1v) is 9.89. The number of nitrogens with one attached hydrogen (secondary N) is 2. The zero-order valence-corrected chi connectivity index (χ0v) is 16.9. The van der Waals surface area contributed by atoms with E-state index in [-0.39, 0.29) is 17.1 Å². The van der Waals surface area contributed by atoms with Crippen LogP contribution >= 0.6 is 0 Å². The van der Waals surface area contributed by atoms with Crippen molar-refractivity contribution in [1.29, 1.82) is 0 Å². The Morgan fingerprint density at radius 3 is 2.74 bits per heavy atom. The number of esters is 1. The topological polar surface area (TPSA) is 124 Å². The highest BCUT2D eigenvalue weighted by atomic mass is 16.6. The molecule has 2 aromatic carbocycles. The van der Waals surface area contributed by atoms with Crippen LogP contribution in [0, 0.1) is 10.1 Å². The van der Waals surface area contributed by atoms with Crippen molar-refractivity contribution in [3.05, 3.63) is 63.3 Å². The quantitative estimate of drug-likeness (QED) is 0.353. The second-order valence-electron chi connectivity index (χ2n) is 7.32. The van der Waals surface area contributed by atoms with Gasteiger partial charge in [-0.25, -0.2) is 4.79 Å². The van der Waals surface area contributed by atoms with Crippen LogP contribution in [-0.4, -0.2) is 35.5 Å². The molecule has 31 heavy (non-hydrogen) atoms. The Morgan fingerprint density at radius 2 is 1.97 bits per heavy atom. The van der Waals surface area contributed by atoms with Gasteiger partial charge in [0.05, 0.1) is 23.3 Å². The van der Waals surface area contributed by atoms with Crippen LogP contribution in [0.2, 0.25) is 0 Å². The van der Waals surface area contributed by atoms with Gasteiger partial charge in [-0.1, -0.05) is 0 Å². The number of carbonyl (C=O) groups is 2. The molecule has 3 aromatic rings. The van der Waals surface area contributed by atoms with Crippen LogP contribution < -0.4 is 10.1 Å². The van der Waals surface area contributed by atoms with Crippen LogP contribution in [0.3, 0.4) is 0 Å². The molecule has 0 unspecified atom stereocenters. The van der Waals surface area contributed by atoms with Gasteiger partial charge in [-0.2, -0.15) is 0 Å². The van der Waals surface area contributed by atoms with Gasteiger partial charge in [-0.05, 0) is 55.5 Å². The minimum Gasteiger partial charge on any atom is -0.495 e. The maximum absolute atomic E-state index is 12.5. The van der Waals surface area contributed by atoms with Gasteiger partial charge in [0.15, 0.2) is 6.61 Å². The molecular weight excluding hydrogens is 402 g/mol. The number of benzene rings is 2. The van der Waals surface area contributed by atoms with Gasteiger partial charge in [-0.15, -0.1) is 0 Å². The molecule has 0 saturated heterocycles. The Kier molecular flexibility index (Phi) is 5.57. The molecular formula is C22H21N3O6. The largest absolute Gasteiger partial charge is 0.495 e. The number of non-ortho nitro benzene ring substituents is 1. The van der Waals surface area contributed by atoms with Crippen LogP contribution in [0.4, 0.5) is 11.4 Å². The average Bonchev–Trinajstić information content (AvgIpc) is 3.15. The number of hydrogen-bond acceptors (Lipinski definition) is 6. The summed E-state index contributed by atoms with van der Waals surface area (Å²) in [5.41, 5.74) is 3.73. The molecule has 9 nitrogen and oxygen atoms in total. The number of ether oxygens (including phenoxy) is 2. The summed E-state index contributed by atoms with van der Waals surface area (Å²) in [5.74, 6) is -0.992. The van der Waals surface area contributed by atoms with Crippen molar-refractivity contribution < 1.29 is 24.0 Å². The summed E-state index contributed by atoms with van der Waals surface area (Å²) in [7, 11) is 1.38. The minimum atomic E-state index is -0.632. The molecule has 0 bridgehead atoms. The molecule has 1 aliphatic rings. The number of nitrogens with zero attached hydrogens (tertiary/aromatic N) is 1. The molecule has 1 aromatic heterocycles. The molecule has 0 fully saturated rings. The van der Waals surface area contributed by atoms with E-state index in [2.05, 4.69) is 10.3 Å². The first-order chi connectivity index (χ1) is 15.0. The van der Waals surface area contributed by atoms with Crippen molar-refractivity contribution in [2.45, 2.75) is 25.7 Å². The van der Waals surface area contributed by atoms with E-state index in [9.17, 15) is 19.7 Å². The van der Waals surface area contributed by atoms with Crippen molar-refractivity contribution >= 4 is 34.2 Å². The second kappa shape index (κ2) is 8.47. The van der Waals surface area contributed by atoms with Crippen molar-refractivity contribution in [3.63, 3.8) is 0 Å². The van der Waals surface area contributed by atoms with Gasteiger partial charge in [0.25, 0.3) is 11.6 Å². The molecule has 2 N–H and O–H groups in total. The summed E-state index contributed by atoms with van der Waals surface area (Å²) in [6.45, 7) is -0.534. The highest BCUT2D eigenvalue weighted by Gasteiger charge is 2.19. The molecule has 0 saturated carbocycles. The van der Waals surface area contributed by atoms with Crippen LogP contribution in [-0.2, 0) is 22.4 Å². The molecule has 0 radical (unpaired) electrons. The van der Waals surface area contributed by atoms with Gasteiger partial charge in [0, 0.05) is 28.7 Å². The summed E-state index contributed by atoms with van der Waals surface area (Å²) in [4.78, 5) is 38.5. The number of nitro groups is 1. The van der Waals surface area contributed by atoms with E-state index in [1.54, 1.807) is 12.1 Å². The van der Waals surface area contributed by atoms with Crippen LogP contribution in [0.15, 0.2) is 36.4 Å². The predicted molar refractivity (Wildman–Crippen MR) is 114 cm³/mol. The number of aryl methyl sites for hydroxylation is 2. The van der Waals surface area contributed by atoms with E-state index in [4.69, 9.17) is 9.47 Å². The molecule has 0 spiro atoms. The number of nitro benzene ring substituents is 1. The number of amides is 1. The van der Waals surface area contributed by atoms with E-state index < -0.39 is 23.4 Å². The molecule has 0 atom stereocenters. The third kappa shape index (κ3) is 4.20. The molecule has 0 aliphatic heterocycles. The van der Waals surface area contributed by atoms with Crippen LogP contribution in [0.25, 0.3) is 10.9 Å². The number of carbonyl (C=O) groups excluding carboxylic acids is 2. The fraction of sp³-hybridized carbons (Fsp3) is 0.273. The second-order valence-corrected chi connectivity index (χ2v) is 7.32. The number of methoxy groups -OCH3 is 1. The zero-order chi connectivity index (χ0) is 22.0. The molecule has 1 amide bonds. The van der Waals surface area contributed by atoms with Crippen molar-refractivity contribution in [2.75, 3.05) is 19.0 Å². The third-order valence-electron chi connectivity index (χ3n) is 5.34. The predicted octanol–water partition coefficient (Wildman–Crippen LogP) is 3.76. The first kappa shape index (κ1) is 20.4. The summed E-state index contributed by atoms with van der Waals surface area (Å²) < 4.78 is 10.3. The highest BCUT2D eigenvalue weighted by molar-refractivity contribution is 5.99. The number of aromatic nitrogens is 1. The summed E-state index contributed by atoms with van der Waals surface area (Å²) >= 11 is 0. The van der Waals surface area contributed by atoms with Crippen molar-refractivity contribution in [2.24, 2.45) is 0 Å². The lowest BCUT2D eigenvalue weighted by atomic mass is 9.95. The monoisotopic (exact) mass is 423 g/mol. The summed E-state index contributed by atoms with van der Waals surface area (Å²) in [5, 5.41) is 14.4. The molecule has 4 rings (SSSR count). The van der Waals surface area contributed by atoms with E-state index in [1.165, 1.54) is 36.6 Å². The normalized spacial score (nSPS) is 12.8. The SMILES string of the molecule is COc1ccc([N+](=O)[O-])cc1NC(=O)COC(=O)c1ccc2[nH]c3c(c2c1)CCCC3. The fourth-order valence-corrected chi connectivity index (χ4v) is 3.84. The van der Waals surface area contributed by atoms with Gasteiger partial charge >= 0.3 is 5.97 Å².